The van der Waals surface area contributed by atoms with E-state index in [2.05, 4.69) is 4.90 Å². The lowest BCUT2D eigenvalue weighted by Gasteiger charge is -2.50. The first-order chi connectivity index (χ1) is 7.03. The second kappa shape index (κ2) is 2.88. The molecule has 2 atom stereocenters. The molecule has 0 aromatic carbocycles. The largest absolute Gasteiger partial charge is 0.359 e. The highest BCUT2D eigenvalue weighted by molar-refractivity contribution is 8.00. The first-order valence-electron chi connectivity index (χ1n) is 6.11. The van der Waals surface area contributed by atoms with Gasteiger partial charge in [0, 0.05) is 15.0 Å². The molecular formula is C10H17NOS. The zero-order valence-electron chi connectivity index (χ0n) is 9.95. The van der Waals surface area contributed by atoms with Crippen LogP contribution in [0.2, 0.25) is 0 Å². The van der Waals surface area contributed by atoms with Crippen molar-refractivity contribution in [3.05, 3.63) is 0 Å². The number of fused-ring (bicyclic) bond motifs is 2. The van der Waals surface area contributed by atoms with E-state index in [-0.39, 0.29) is 5.44 Å². The molecule has 4 saturated heterocycles. The molecule has 0 aliphatic carbocycles. The molecule has 0 unspecified atom stereocenters. The van der Waals surface area contributed by atoms with Crippen LogP contribution in [0.1, 0.15) is 22.5 Å². The summed E-state index contributed by atoms with van der Waals surface area (Å²) < 4.78 is 22.4. The summed E-state index contributed by atoms with van der Waals surface area (Å²) >= 11 is 1.35. The minimum atomic E-state index is -1.21. The zero-order valence-corrected chi connectivity index (χ0v) is 8.77. The molecule has 4 rings (SSSR count). The fourth-order valence-electron chi connectivity index (χ4n) is 2.79. The Hall–Kier alpha value is 0.270. The third kappa shape index (κ3) is 1.24. The van der Waals surface area contributed by atoms with Crippen molar-refractivity contribution in [2.24, 2.45) is 5.92 Å². The number of hydrogen-bond acceptors (Lipinski definition) is 3. The third-order valence-electron chi connectivity index (χ3n) is 3.48. The van der Waals surface area contributed by atoms with Gasteiger partial charge in [0.2, 0.25) is 0 Å². The molecular weight excluding hydrogens is 182 g/mol. The van der Waals surface area contributed by atoms with Crippen LogP contribution in [0.3, 0.4) is 0 Å². The zero-order chi connectivity index (χ0) is 10.7. The molecule has 0 N–H and O–H groups in total. The average Bonchev–Trinajstić information content (AvgIpc) is 2.38. The third-order valence-corrected chi connectivity index (χ3v) is 4.37. The lowest BCUT2D eigenvalue weighted by Crippen LogP contribution is -2.60. The van der Waals surface area contributed by atoms with Crippen LogP contribution < -0.4 is 0 Å². The fourth-order valence-corrected chi connectivity index (χ4v) is 3.66. The Morgan fingerprint density at radius 1 is 1.54 bits per heavy atom. The average molecular weight is 203 g/mol. The first kappa shape index (κ1) is 6.70. The van der Waals surface area contributed by atoms with Crippen LogP contribution in [-0.2, 0) is 4.74 Å². The van der Waals surface area contributed by atoms with Crippen LogP contribution in [0.5, 0.6) is 0 Å². The fraction of sp³-hybridized carbons (Fsp3) is 1.00. The highest BCUT2D eigenvalue weighted by Gasteiger charge is 2.51. The van der Waals surface area contributed by atoms with Gasteiger partial charge in [-0.3, -0.25) is 0 Å². The van der Waals surface area contributed by atoms with Crippen molar-refractivity contribution in [1.29, 1.82) is 0 Å². The van der Waals surface area contributed by atoms with E-state index in [0.717, 1.165) is 32.5 Å². The maximum Gasteiger partial charge on any atom is 0.101 e. The van der Waals surface area contributed by atoms with E-state index in [1.54, 1.807) is 0 Å². The van der Waals surface area contributed by atoms with E-state index in [9.17, 15) is 0 Å². The van der Waals surface area contributed by atoms with Crippen molar-refractivity contribution in [2.75, 3.05) is 25.3 Å². The Labute approximate surface area is 86.8 Å². The van der Waals surface area contributed by atoms with Crippen LogP contribution in [0.25, 0.3) is 0 Å². The van der Waals surface area contributed by atoms with Gasteiger partial charge in [0.05, 0.1) is 5.60 Å². The normalized spacial score (nSPS) is 60.8. The van der Waals surface area contributed by atoms with Gasteiger partial charge in [-0.1, -0.05) is 0 Å². The van der Waals surface area contributed by atoms with Gasteiger partial charge in [-0.25, -0.2) is 0 Å². The van der Waals surface area contributed by atoms with Gasteiger partial charge >= 0.3 is 0 Å². The van der Waals surface area contributed by atoms with Gasteiger partial charge in [0.25, 0.3) is 0 Å². The van der Waals surface area contributed by atoms with Crippen LogP contribution in [-0.4, -0.2) is 41.3 Å². The molecule has 0 radical (unpaired) electrons. The number of hydrogen-bond donors (Lipinski definition) is 0. The Kier molecular flexibility index (Phi) is 1.48. The highest BCUT2D eigenvalue weighted by Crippen LogP contribution is 2.46. The van der Waals surface area contributed by atoms with E-state index in [1.165, 1.54) is 11.8 Å². The summed E-state index contributed by atoms with van der Waals surface area (Å²) in [5.74, 6) is 0.426. The van der Waals surface area contributed by atoms with E-state index < -0.39 is 11.3 Å². The maximum absolute atomic E-state index is 8.19. The van der Waals surface area contributed by atoms with E-state index >= 15 is 0 Å². The van der Waals surface area contributed by atoms with Crippen molar-refractivity contribution < 1.29 is 7.48 Å². The molecule has 1 spiro atoms. The van der Waals surface area contributed by atoms with Crippen LogP contribution in [0.15, 0.2) is 0 Å². The lowest BCUT2D eigenvalue weighted by molar-refractivity contribution is -0.133. The Morgan fingerprint density at radius 2 is 2.31 bits per heavy atom. The van der Waals surface area contributed by atoms with Gasteiger partial charge in [-0.05, 0) is 38.8 Å². The molecule has 74 valence electrons. The molecule has 4 heterocycles. The Morgan fingerprint density at radius 3 is 2.77 bits per heavy atom. The van der Waals surface area contributed by atoms with Gasteiger partial charge in [-0.15, -0.1) is 11.8 Å². The molecule has 3 heteroatoms. The molecule has 4 aliphatic heterocycles. The standard InChI is InChI=1S/C10H17NOS/c1-8-12-10(7-13-8)6-11-4-2-9(10)3-5-11/h8-9H,2-7H2,1H3/t8-,10-/m0/s1/i7T2. The second-order valence-corrected chi connectivity index (χ2v) is 5.45. The second-order valence-electron chi connectivity index (χ2n) is 4.35. The Balaban J connectivity index is 1.96. The number of thioether (sulfide) groups is 1. The highest BCUT2D eigenvalue weighted by atomic mass is 32.2. The summed E-state index contributed by atoms with van der Waals surface area (Å²) in [7, 11) is 0. The summed E-state index contributed by atoms with van der Waals surface area (Å²) in [5, 5.41) is 0. The maximum atomic E-state index is 8.19. The molecule has 0 saturated carbocycles. The summed E-state index contributed by atoms with van der Waals surface area (Å²) in [6.07, 6.45) is 2.21. The smallest absolute Gasteiger partial charge is 0.101 e. The van der Waals surface area contributed by atoms with E-state index in [4.69, 9.17) is 7.48 Å². The molecule has 4 aliphatic rings. The van der Waals surface area contributed by atoms with E-state index in [1.807, 2.05) is 6.92 Å². The quantitative estimate of drug-likeness (QED) is 0.593. The van der Waals surface area contributed by atoms with Gasteiger partial charge in [0.1, 0.15) is 5.44 Å². The number of piperidine rings is 3. The topological polar surface area (TPSA) is 12.5 Å². The molecule has 0 aromatic rings. The lowest BCUT2D eigenvalue weighted by atomic mass is 9.76. The summed E-state index contributed by atoms with van der Waals surface area (Å²) in [4.78, 5) is 2.36. The molecule has 2 bridgehead atoms. The summed E-state index contributed by atoms with van der Waals surface area (Å²) in [6, 6.07) is 0. The molecule has 4 fully saturated rings. The van der Waals surface area contributed by atoms with Crippen molar-refractivity contribution in [3.63, 3.8) is 0 Å². The first-order valence-corrected chi connectivity index (χ1v) is 5.99. The molecule has 0 amide bonds. The SMILES string of the molecule is [3H]C1([3H])S[C@@H](C)O[C@@]12CN1CCC2CC1. The minimum absolute atomic E-state index is 0.000509. The van der Waals surface area contributed by atoms with Crippen LogP contribution >= 0.6 is 11.8 Å². The summed E-state index contributed by atoms with van der Waals surface area (Å²) in [5.41, 5.74) is -1.73. The molecule has 0 aromatic heterocycles. The van der Waals surface area contributed by atoms with Gasteiger partial charge < -0.3 is 9.64 Å². The number of nitrogens with zero attached hydrogens (tertiary/aromatic N) is 1. The van der Waals surface area contributed by atoms with Crippen molar-refractivity contribution in [3.8, 4) is 0 Å². The number of ether oxygens (including phenoxy) is 1. The predicted octanol–water partition coefficient (Wildman–Crippen LogP) is 1.56. The van der Waals surface area contributed by atoms with Crippen LogP contribution in [0.4, 0.5) is 0 Å². The van der Waals surface area contributed by atoms with Gasteiger partial charge in [0.15, 0.2) is 0 Å². The van der Waals surface area contributed by atoms with Crippen LogP contribution in [0, 0.1) is 5.92 Å². The molecule has 2 nitrogen and oxygen atoms in total. The minimum Gasteiger partial charge on any atom is -0.359 e. The van der Waals surface area contributed by atoms with Crippen molar-refractivity contribution in [1.82, 2.24) is 4.90 Å². The van der Waals surface area contributed by atoms with Gasteiger partial charge in [-0.2, -0.15) is 0 Å². The monoisotopic (exact) mass is 203 g/mol. The van der Waals surface area contributed by atoms with Crippen molar-refractivity contribution >= 4 is 11.8 Å². The Bertz CT molecular complexity index is 281. The number of rotatable bonds is 0. The van der Waals surface area contributed by atoms with E-state index in [0.29, 0.717) is 5.92 Å². The summed E-state index contributed by atoms with van der Waals surface area (Å²) in [6.45, 7) is 5.02. The molecule has 13 heavy (non-hydrogen) atoms. The van der Waals surface area contributed by atoms with Crippen molar-refractivity contribution in [2.45, 2.75) is 30.8 Å². The predicted molar refractivity (Wildman–Crippen MR) is 54.9 cm³/mol.